The number of amides is 1. The van der Waals surface area contributed by atoms with Crippen LogP contribution in [0.5, 0.6) is 5.75 Å². The van der Waals surface area contributed by atoms with Crippen molar-refractivity contribution in [3.8, 4) is 11.8 Å². The van der Waals surface area contributed by atoms with E-state index in [9.17, 15) is 4.79 Å². The lowest BCUT2D eigenvalue weighted by Crippen LogP contribution is -2.31. The van der Waals surface area contributed by atoms with Crippen LogP contribution in [-0.2, 0) is 4.79 Å². The maximum Gasteiger partial charge on any atom is 0.265 e. The first-order valence-electron chi connectivity index (χ1n) is 8.84. The number of nitrogens with zero attached hydrogens (tertiary/aromatic N) is 3. The molecule has 1 aromatic heterocycles. The van der Waals surface area contributed by atoms with E-state index in [1.165, 1.54) is 19.3 Å². The van der Waals surface area contributed by atoms with Crippen LogP contribution in [0.1, 0.15) is 31.7 Å². The maximum atomic E-state index is 12.3. The highest BCUT2D eigenvalue weighted by atomic mass is 16.5. The van der Waals surface area contributed by atoms with Gasteiger partial charge in [-0.15, -0.1) is 0 Å². The number of carbonyl (C=O) groups excluding carboxylic acids is 1. The summed E-state index contributed by atoms with van der Waals surface area (Å²) < 4.78 is 5.62. The van der Waals surface area contributed by atoms with Crippen molar-refractivity contribution >= 4 is 17.4 Å². The van der Waals surface area contributed by atoms with Gasteiger partial charge in [-0.1, -0.05) is 0 Å². The summed E-state index contributed by atoms with van der Waals surface area (Å²) in [5.74, 6) is 1.25. The van der Waals surface area contributed by atoms with Gasteiger partial charge < -0.3 is 15.0 Å². The molecule has 6 heteroatoms. The summed E-state index contributed by atoms with van der Waals surface area (Å²) in [7, 11) is 0. The molecule has 0 saturated carbocycles. The second-order valence-electron chi connectivity index (χ2n) is 6.34. The van der Waals surface area contributed by atoms with Crippen molar-refractivity contribution in [3.05, 3.63) is 48.2 Å². The van der Waals surface area contributed by atoms with Crippen molar-refractivity contribution in [3.63, 3.8) is 0 Å². The number of nitrogens with one attached hydrogen (secondary N) is 1. The van der Waals surface area contributed by atoms with E-state index in [0.717, 1.165) is 18.9 Å². The molecule has 1 amide bonds. The number of hydrogen-bond acceptors (Lipinski definition) is 5. The number of rotatable bonds is 5. The Labute approximate surface area is 153 Å². The summed E-state index contributed by atoms with van der Waals surface area (Å²) in [6.07, 6.45) is 4.69. The molecule has 26 heavy (non-hydrogen) atoms. The Kier molecular flexibility index (Phi) is 5.69. The molecule has 2 aromatic rings. The summed E-state index contributed by atoms with van der Waals surface area (Å²) in [5.41, 5.74) is 1.19. The molecule has 0 radical (unpaired) electrons. The van der Waals surface area contributed by atoms with E-state index in [2.05, 4.69) is 15.2 Å². The number of benzene rings is 1. The smallest absolute Gasteiger partial charge is 0.265 e. The SMILES string of the molecule is CC(Oc1ccc(C#N)cc1)C(=O)Nc1ccc(N2CCCCC2)nc1. The van der Waals surface area contributed by atoms with E-state index in [1.54, 1.807) is 37.4 Å². The first kappa shape index (κ1) is 17.7. The number of nitriles is 1. The molecule has 1 aromatic carbocycles. The largest absolute Gasteiger partial charge is 0.481 e. The summed E-state index contributed by atoms with van der Waals surface area (Å²) >= 11 is 0. The Morgan fingerprint density at radius 1 is 1.19 bits per heavy atom. The molecule has 0 aliphatic carbocycles. The average Bonchev–Trinajstić information content (AvgIpc) is 2.70. The molecule has 6 nitrogen and oxygen atoms in total. The van der Waals surface area contributed by atoms with E-state index < -0.39 is 6.10 Å². The number of aromatic nitrogens is 1. The van der Waals surface area contributed by atoms with Gasteiger partial charge in [0.15, 0.2) is 6.10 Å². The third kappa shape index (κ3) is 4.51. The quantitative estimate of drug-likeness (QED) is 0.895. The van der Waals surface area contributed by atoms with Gasteiger partial charge in [0, 0.05) is 13.1 Å². The van der Waals surface area contributed by atoms with Crippen LogP contribution >= 0.6 is 0 Å². The lowest BCUT2D eigenvalue weighted by Gasteiger charge is -2.27. The minimum Gasteiger partial charge on any atom is -0.481 e. The fourth-order valence-corrected chi connectivity index (χ4v) is 2.88. The second-order valence-corrected chi connectivity index (χ2v) is 6.34. The van der Waals surface area contributed by atoms with Crippen LogP contribution < -0.4 is 15.0 Å². The Bertz CT molecular complexity index is 775. The number of pyridine rings is 1. The molecule has 1 atom stereocenters. The van der Waals surface area contributed by atoms with Gasteiger partial charge in [0.05, 0.1) is 23.5 Å². The van der Waals surface area contributed by atoms with E-state index in [-0.39, 0.29) is 5.91 Å². The van der Waals surface area contributed by atoms with Crippen molar-refractivity contribution in [1.29, 1.82) is 5.26 Å². The average molecular weight is 350 g/mol. The minimum absolute atomic E-state index is 0.248. The normalized spacial score (nSPS) is 15.0. The molecule has 1 saturated heterocycles. The summed E-state index contributed by atoms with van der Waals surface area (Å²) in [5, 5.41) is 11.6. The second kappa shape index (κ2) is 8.34. The molecule has 0 spiro atoms. The first-order valence-corrected chi connectivity index (χ1v) is 8.84. The highest BCUT2D eigenvalue weighted by Crippen LogP contribution is 2.19. The first-order chi connectivity index (χ1) is 12.7. The molecule has 1 unspecified atom stereocenters. The van der Waals surface area contributed by atoms with E-state index >= 15 is 0 Å². The van der Waals surface area contributed by atoms with Crippen LogP contribution in [0.3, 0.4) is 0 Å². The molecule has 1 fully saturated rings. The van der Waals surface area contributed by atoms with Crippen molar-refractivity contribution in [1.82, 2.24) is 4.98 Å². The molecule has 3 rings (SSSR count). The fourth-order valence-electron chi connectivity index (χ4n) is 2.88. The fraction of sp³-hybridized carbons (Fsp3) is 0.350. The lowest BCUT2D eigenvalue weighted by molar-refractivity contribution is -0.122. The van der Waals surface area contributed by atoms with Gasteiger partial charge in [-0.25, -0.2) is 4.98 Å². The predicted molar refractivity (Wildman–Crippen MR) is 100 cm³/mol. The molecule has 1 aliphatic rings. The van der Waals surface area contributed by atoms with Gasteiger partial charge in [-0.05, 0) is 62.6 Å². The van der Waals surface area contributed by atoms with Crippen molar-refractivity contribution < 1.29 is 9.53 Å². The van der Waals surface area contributed by atoms with Crippen LogP contribution in [0.15, 0.2) is 42.6 Å². The number of piperidine rings is 1. The highest BCUT2D eigenvalue weighted by molar-refractivity contribution is 5.94. The topological polar surface area (TPSA) is 78.2 Å². The van der Waals surface area contributed by atoms with Gasteiger partial charge >= 0.3 is 0 Å². The predicted octanol–water partition coefficient (Wildman–Crippen LogP) is 3.35. The Hall–Kier alpha value is -3.07. The molecule has 134 valence electrons. The zero-order valence-corrected chi connectivity index (χ0v) is 14.8. The molecule has 1 aliphatic heterocycles. The summed E-state index contributed by atoms with van der Waals surface area (Å²) in [6, 6.07) is 12.5. The number of anilines is 2. The van der Waals surface area contributed by atoms with Gasteiger partial charge in [-0.2, -0.15) is 5.26 Å². The van der Waals surface area contributed by atoms with Crippen LogP contribution in [0, 0.1) is 11.3 Å². The number of hydrogen-bond donors (Lipinski definition) is 1. The van der Waals surface area contributed by atoms with E-state index in [1.807, 2.05) is 18.2 Å². The number of ether oxygens (including phenoxy) is 1. The zero-order chi connectivity index (χ0) is 18.4. The van der Waals surface area contributed by atoms with Gasteiger partial charge in [0.1, 0.15) is 11.6 Å². The Balaban J connectivity index is 1.55. The van der Waals surface area contributed by atoms with Crippen molar-refractivity contribution in [2.24, 2.45) is 0 Å². The summed E-state index contributed by atoms with van der Waals surface area (Å²) in [4.78, 5) is 19.0. The monoisotopic (exact) mass is 350 g/mol. The van der Waals surface area contributed by atoms with Crippen molar-refractivity contribution in [2.45, 2.75) is 32.3 Å². The zero-order valence-electron chi connectivity index (χ0n) is 14.8. The number of carbonyl (C=O) groups is 1. The summed E-state index contributed by atoms with van der Waals surface area (Å²) in [6.45, 7) is 3.76. The Morgan fingerprint density at radius 2 is 1.92 bits per heavy atom. The molecule has 1 N–H and O–H groups in total. The van der Waals surface area contributed by atoms with Crippen molar-refractivity contribution in [2.75, 3.05) is 23.3 Å². The third-order valence-electron chi connectivity index (χ3n) is 4.36. The highest BCUT2D eigenvalue weighted by Gasteiger charge is 2.16. The maximum absolute atomic E-state index is 12.3. The van der Waals surface area contributed by atoms with Crippen LogP contribution in [-0.4, -0.2) is 30.1 Å². The van der Waals surface area contributed by atoms with Crippen LogP contribution in [0.2, 0.25) is 0 Å². The lowest BCUT2D eigenvalue weighted by atomic mass is 10.1. The van der Waals surface area contributed by atoms with Crippen LogP contribution in [0.25, 0.3) is 0 Å². The van der Waals surface area contributed by atoms with Gasteiger partial charge in [0.2, 0.25) is 0 Å². The third-order valence-corrected chi connectivity index (χ3v) is 4.36. The minimum atomic E-state index is -0.662. The van der Waals surface area contributed by atoms with E-state index in [4.69, 9.17) is 10.00 Å². The molecular formula is C20H22N4O2. The van der Waals surface area contributed by atoms with E-state index in [0.29, 0.717) is 17.0 Å². The van der Waals surface area contributed by atoms with Crippen LogP contribution in [0.4, 0.5) is 11.5 Å². The van der Waals surface area contributed by atoms with Gasteiger partial charge in [0.25, 0.3) is 5.91 Å². The Morgan fingerprint density at radius 3 is 2.54 bits per heavy atom. The molecule has 2 heterocycles. The standard InChI is InChI=1S/C20H22N4O2/c1-15(26-18-8-5-16(13-21)6-9-18)20(25)23-17-7-10-19(22-14-17)24-11-3-2-4-12-24/h5-10,14-15H,2-4,11-12H2,1H3,(H,23,25). The molecule has 0 bridgehead atoms. The van der Waals surface area contributed by atoms with Gasteiger partial charge in [-0.3, -0.25) is 4.79 Å². The molecular weight excluding hydrogens is 328 g/mol.